The van der Waals surface area contributed by atoms with Gasteiger partial charge in [-0.15, -0.1) is 0 Å². The summed E-state index contributed by atoms with van der Waals surface area (Å²) in [6.07, 6.45) is 1.97. The normalized spacial score (nSPS) is 12.5. The van der Waals surface area contributed by atoms with Crippen LogP contribution in [0.4, 0.5) is 0 Å². The van der Waals surface area contributed by atoms with Crippen LogP contribution in [0.5, 0.6) is 0 Å². The molecule has 0 spiro atoms. The van der Waals surface area contributed by atoms with Gasteiger partial charge in [0.2, 0.25) is 5.91 Å². The first kappa shape index (κ1) is 12.4. The molecule has 0 heterocycles. The molecule has 0 radical (unpaired) electrons. The van der Waals surface area contributed by atoms with E-state index in [1.165, 1.54) is 0 Å². The second-order valence-corrected chi connectivity index (χ2v) is 3.31. The van der Waals surface area contributed by atoms with Gasteiger partial charge in [-0.25, -0.2) is 0 Å². The molecule has 0 aliphatic carbocycles. The van der Waals surface area contributed by atoms with E-state index in [1.54, 1.807) is 0 Å². The van der Waals surface area contributed by atoms with Crippen molar-refractivity contribution in [1.29, 1.82) is 0 Å². The van der Waals surface area contributed by atoms with Crippen LogP contribution < -0.4 is 11.1 Å². The van der Waals surface area contributed by atoms with Crippen LogP contribution in [0.25, 0.3) is 0 Å². The molecule has 4 heteroatoms. The minimum absolute atomic E-state index is 0.0511. The maximum Gasteiger partial charge on any atom is 0.220 e. The highest BCUT2D eigenvalue weighted by molar-refractivity contribution is 5.75. The van der Waals surface area contributed by atoms with Crippen molar-refractivity contribution in [3.63, 3.8) is 0 Å². The Balaban J connectivity index is 3.34. The summed E-state index contributed by atoms with van der Waals surface area (Å²) >= 11 is 0. The van der Waals surface area contributed by atoms with Crippen LogP contribution in [0.3, 0.4) is 0 Å². The van der Waals surface area contributed by atoms with E-state index in [-0.39, 0.29) is 12.5 Å². The molecule has 4 nitrogen and oxygen atoms in total. The van der Waals surface area contributed by atoms with Gasteiger partial charge in [-0.1, -0.05) is 6.92 Å². The van der Waals surface area contributed by atoms with E-state index in [4.69, 9.17) is 10.8 Å². The third kappa shape index (κ3) is 7.74. The number of aliphatic hydroxyl groups excluding tert-OH is 1. The van der Waals surface area contributed by atoms with E-state index in [0.717, 1.165) is 12.8 Å². The van der Waals surface area contributed by atoms with E-state index >= 15 is 0 Å². The van der Waals surface area contributed by atoms with E-state index in [1.807, 2.05) is 6.92 Å². The van der Waals surface area contributed by atoms with Gasteiger partial charge in [-0.05, 0) is 25.3 Å². The predicted molar refractivity (Wildman–Crippen MR) is 52.2 cm³/mol. The second kappa shape index (κ2) is 8.01. The molecule has 13 heavy (non-hydrogen) atoms. The fourth-order valence-electron chi connectivity index (χ4n) is 0.962. The molecular weight excluding hydrogens is 168 g/mol. The molecule has 0 saturated heterocycles. The van der Waals surface area contributed by atoms with Crippen molar-refractivity contribution < 1.29 is 9.90 Å². The molecule has 0 aliphatic rings. The Morgan fingerprint density at radius 2 is 2.31 bits per heavy atom. The van der Waals surface area contributed by atoms with Gasteiger partial charge >= 0.3 is 0 Å². The first-order valence-electron chi connectivity index (χ1n) is 4.78. The van der Waals surface area contributed by atoms with E-state index in [2.05, 4.69) is 5.32 Å². The Morgan fingerprint density at radius 3 is 2.85 bits per heavy atom. The van der Waals surface area contributed by atoms with Crippen molar-refractivity contribution in [2.24, 2.45) is 11.7 Å². The van der Waals surface area contributed by atoms with Crippen LogP contribution in [-0.4, -0.2) is 30.7 Å². The fraction of sp³-hybridized carbons (Fsp3) is 0.889. The van der Waals surface area contributed by atoms with Gasteiger partial charge in [-0.3, -0.25) is 4.79 Å². The first-order chi connectivity index (χ1) is 6.20. The zero-order valence-electron chi connectivity index (χ0n) is 8.25. The lowest BCUT2D eigenvalue weighted by molar-refractivity contribution is -0.121. The molecule has 1 amide bonds. The highest BCUT2D eigenvalue weighted by Crippen LogP contribution is 1.98. The zero-order valence-corrected chi connectivity index (χ0v) is 8.25. The summed E-state index contributed by atoms with van der Waals surface area (Å²) in [5.41, 5.74) is 5.27. The van der Waals surface area contributed by atoms with Crippen molar-refractivity contribution in [2.75, 3.05) is 19.7 Å². The number of carbonyl (C=O) groups is 1. The van der Waals surface area contributed by atoms with Crippen molar-refractivity contribution >= 4 is 5.91 Å². The summed E-state index contributed by atoms with van der Waals surface area (Å²) in [5.74, 6) is 0.391. The number of hydrogen-bond donors (Lipinski definition) is 3. The number of carbonyl (C=O) groups excluding carboxylic acids is 1. The summed E-state index contributed by atoms with van der Waals surface area (Å²) in [6.45, 7) is 3.38. The molecule has 0 aliphatic heterocycles. The minimum Gasteiger partial charge on any atom is -0.396 e. The maximum absolute atomic E-state index is 11.1. The summed E-state index contributed by atoms with van der Waals surface area (Å²) < 4.78 is 0. The minimum atomic E-state index is 0.0511. The average Bonchev–Trinajstić information content (AvgIpc) is 2.12. The summed E-state index contributed by atoms with van der Waals surface area (Å²) in [4.78, 5) is 11.1. The molecule has 0 bridgehead atoms. The quantitative estimate of drug-likeness (QED) is 0.520. The zero-order chi connectivity index (χ0) is 10.1. The fourth-order valence-corrected chi connectivity index (χ4v) is 0.962. The van der Waals surface area contributed by atoms with E-state index < -0.39 is 0 Å². The van der Waals surface area contributed by atoms with Gasteiger partial charge in [0.1, 0.15) is 0 Å². The van der Waals surface area contributed by atoms with E-state index in [9.17, 15) is 4.79 Å². The van der Waals surface area contributed by atoms with Crippen molar-refractivity contribution in [1.82, 2.24) is 5.32 Å². The van der Waals surface area contributed by atoms with Crippen molar-refractivity contribution in [3.8, 4) is 0 Å². The van der Waals surface area contributed by atoms with Crippen molar-refractivity contribution in [2.45, 2.75) is 26.2 Å². The third-order valence-electron chi connectivity index (χ3n) is 1.88. The molecule has 0 rings (SSSR count). The van der Waals surface area contributed by atoms with Crippen LogP contribution in [0, 0.1) is 5.92 Å². The molecule has 0 fully saturated rings. The number of nitrogens with two attached hydrogens (primary N) is 1. The Morgan fingerprint density at radius 1 is 1.62 bits per heavy atom. The highest BCUT2D eigenvalue weighted by atomic mass is 16.3. The molecule has 0 saturated carbocycles. The number of hydrogen-bond acceptors (Lipinski definition) is 3. The average molecular weight is 188 g/mol. The number of amides is 1. The summed E-state index contributed by atoms with van der Waals surface area (Å²) in [7, 11) is 0. The van der Waals surface area contributed by atoms with Gasteiger partial charge in [0.05, 0.1) is 0 Å². The smallest absolute Gasteiger partial charge is 0.220 e. The standard InChI is InChI=1S/C9H20N2O2/c1-8(4-6-12)7-11-9(13)3-2-5-10/h8,12H,2-7,10H2,1H3,(H,11,13). The van der Waals surface area contributed by atoms with Crippen LogP contribution in [-0.2, 0) is 4.79 Å². The Bertz CT molecular complexity index is 140. The van der Waals surface area contributed by atoms with Gasteiger partial charge in [0.25, 0.3) is 0 Å². The number of nitrogens with one attached hydrogen (secondary N) is 1. The molecule has 1 unspecified atom stereocenters. The Labute approximate surface area is 79.5 Å². The SMILES string of the molecule is CC(CCO)CNC(=O)CCCN. The molecule has 4 N–H and O–H groups in total. The van der Waals surface area contributed by atoms with Gasteiger partial charge < -0.3 is 16.2 Å². The largest absolute Gasteiger partial charge is 0.396 e. The predicted octanol–water partition coefficient (Wildman–Crippen LogP) is -0.140. The highest BCUT2D eigenvalue weighted by Gasteiger charge is 2.03. The molecule has 0 aromatic rings. The summed E-state index contributed by atoms with van der Waals surface area (Å²) in [6, 6.07) is 0. The number of aliphatic hydroxyl groups is 1. The van der Waals surface area contributed by atoms with Gasteiger partial charge in [0.15, 0.2) is 0 Å². The topological polar surface area (TPSA) is 75.3 Å². The monoisotopic (exact) mass is 188 g/mol. The third-order valence-corrected chi connectivity index (χ3v) is 1.88. The Kier molecular flexibility index (Phi) is 7.63. The van der Waals surface area contributed by atoms with Gasteiger partial charge in [0, 0.05) is 19.6 Å². The Hall–Kier alpha value is -0.610. The van der Waals surface area contributed by atoms with Crippen LogP contribution >= 0.6 is 0 Å². The molecule has 1 atom stereocenters. The summed E-state index contributed by atoms with van der Waals surface area (Å²) in [5, 5.41) is 11.4. The van der Waals surface area contributed by atoms with Crippen LogP contribution in [0.2, 0.25) is 0 Å². The lowest BCUT2D eigenvalue weighted by Crippen LogP contribution is -2.28. The van der Waals surface area contributed by atoms with Crippen LogP contribution in [0.15, 0.2) is 0 Å². The van der Waals surface area contributed by atoms with E-state index in [0.29, 0.717) is 25.4 Å². The lowest BCUT2D eigenvalue weighted by atomic mass is 10.1. The van der Waals surface area contributed by atoms with Gasteiger partial charge in [-0.2, -0.15) is 0 Å². The molecule has 0 aromatic carbocycles. The van der Waals surface area contributed by atoms with Crippen LogP contribution in [0.1, 0.15) is 26.2 Å². The lowest BCUT2D eigenvalue weighted by Gasteiger charge is -2.10. The molecule has 0 aromatic heterocycles. The first-order valence-corrected chi connectivity index (χ1v) is 4.78. The second-order valence-electron chi connectivity index (χ2n) is 3.31. The molecule has 78 valence electrons. The van der Waals surface area contributed by atoms with Crippen molar-refractivity contribution in [3.05, 3.63) is 0 Å². The molecular formula is C9H20N2O2. The maximum atomic E-state index is 11.1. The number of rotatable bonds is 7.